The molecule has 0 radical (unpaired) electrons. The van der Waals surface area contributed by atoms with Gasteiger partial charge in [-0.15, -0.1) is 0 Å². The molecule has 1 aromatic carbocycles. The van der Waals surface area contributed by atoms with Crippen molar-refractivity contribution < 1.29 is 4.79 Å². The van der Waals surface area contributed by atoms with Crippen molar-refractivity contribution in [2.75, 3.05) is 0 Å². The highest BCUT2D eigenvalue weighted by atomic mass is 16.1. The van der Waals surface area contributed by atoms with E-state index in [1.54, 1.807) is 24.3 Å². The van der Waals surface area contributed by atoms with E-state index in [9.17, 15) is 4.79 Å². The van der Waals surface area contributed by atoms with Gasteiger partial charge in [0.1, 0.15) is 0 Å². The topological polar surface area (TPSA) is 57.8 Å². The van der Waals surface area contributed by atoms with E-state index < -0.39 is 0 Å². The van der Waals surface area contributed by atoms with Crippen molar-refractivity contribution in [2.45, 2.75) is 6.54 Å². The number of amides is 1. The Morgan fingerprint density at radius 3 is 2.61 bits per heavy atom. The summed E-state index contributed by atoms with van der Waals surface area (Å²) < 4.78 is 1.96. The molecule has 0 aliphatic rings. The fraction of sp³-hybridized carbons (Fsp3) is 0.143. The third kappa shape index (κ3) is 2.58. The van der Waals surface area contributed by atoms with Crippen LogP contribution < -0.4 is 5.32 Å². The zero-order chi connectivity index (χ0) is 13.0. The molecule has 0 unspecified atom stereocenters. The number of hydrogen-bond donors (Lipinski definition) is 1. The zero-order valence-electron chi connectivity index (χ0n) is 10.1. The molecule has 0 spiro atoms. The molecule has 4 nitrogen and oxygen atoms in total. The van der Waals surface area contributed by atoms with Crippen LogP contribution in [-0.4, -0.2) is 10.5 Å². The van der Waals surface area contributed by atoms with Crippen molar-refractivity contribution in [3.8, 4) is 6.07 Å². The SMILES string of the molecule is Cn1cccc1CNC(=O)c1ccc(C#N)cc1. The van der Waals surface area contributed by atoms with Crippen LogP contribution in [0.1, 0.15) is 21.6 Å². The Labute approximate surface area is 105 Å². The monoisotopic (exact) mass is 239 g/mol. The molecule has 4 heteroatoms. The van der Waals surface area contributed by atoms with Crippen LogP contribution >= 0.6 is 0 Å². The Morgan fingerprint density at radius 1 is 1.33 bits per heavy atom. The maximum Gasteiger partial charge on any atom is 0.251 e. The quantitative estimate of drug-likeness (QED) is 0.888. The van der Waals surface area contributed by atoms with Gasteiger partial charge in [-0.05, 0) is 36.4 Å². The van der Waals surface area contributed by atoms with Gasteiger partial charge in [0.05, 0.1) is 18.2 Å². The van der Waals surface area contributed by atoms with Gasteiger partial charge in [-0.2, -0.15) is 5.26 Å². The van der Waals surface area contributed by atoms with Crippen LogP contribution in [0.2, 0.25) is 0 Å². The molecule has 1 N–H and O–H groups in total. The number of aromatic nitrogens is 1. The molecule has 2 aromatic rings. The lowest BCUT2D eigenvalue weighted by Crippen LogP contribution is -2.23. The van der Waals surface area contributed by atoms with Crippen LogP contribution in [0.3, 0.4) is 0 Å². The molecule has 1 aromatic heterocycles. The van der Waals surface area contributed by atoms with Crippen molar-refractivity contribution in [3.05, 3.63) is 59.4 Å². The molecule has 2 rings (SSSR count). The lowest BCUT2D eigenvalue weighted by Gasteiger charge is -2.06. The second-order valence-corrected chi connectivity index (χ2v) is 3.98. The smallest absolute Gasteiger partial charge is 0.251 e. The predicted octanol–water partition coefficient (Wildman–Crippen LogP) is 1.83. The maximum atomic E-state index is 11.8. The molecule has 1 heterocycles. The van der Waals surface area contributed by atoms with Gasteiger partial charge in [0.2, 0.25) is 0 Å². The highest BCUT2D eigenvalue weighted by Crippen LogP contribution is 2.04. The van der Waals surface area contributed by atoms with Crippen LogP contribution in [0.5, 0.6) is 0 Å². The van der Waals surface area contributed by atoms with Crippen molar-refractivity contribution in [1.82, 2.24) is 9.88 Å². The lowest BCUT2D eigenvalue weighted by atomic mass is 10.1. The summed E-state index contributed by atoms with van der Waals surface area (Å²) in [6.07, 6.45) is 1.93. The van der Waals surface area contributed by atoms with Crippen LogP contribution in [0.15, 0.2) is 42.6 Å². The van der Waals surface area contributed by atoms with E-state index in [1.165, 1.54) is 0 Å². The number of nitrogens with one attached hydrogen (secondary N) is 1. The van der Waals surface area contributed by atoms with Crippen molar-refractivity contribution >= 4 is 5.91 Å². The summed E-state index contributed by atoms with van der Waals surface area (Å²) in [4.78, 5) is 11.8. The predicted molar refractivity (Wildman–Crippen MR) is 67.7 cm³/mol. The molecule has 18 heavy (non-hydrogen) atoms. The Balaban J connectivity index is 2.00. The van der Waals surface area contributed by atoms with Gasteiger partial charge in [-0.1, -0.05) is 0 Å². The number of nitrogens with zero attached hydrogens (tertiary/aromatic N) is 2. The zero-order valence-corrected chi connectivity index (χ0v) is 10.1. The van der Waals surface area contributed by atoms with Crippen LogP contribution in [-0.2, 0) is 13.6 Å². The van der Waals surface area contributed by atoms with E-state index in [0.29, 0.717) is 17.7 Å². The minimum atomic E-state index is -0.138. The van der Waals surface area contributed by atoms with Gasteiger partial charge >= 0.3 is 0 Å². The summed E-state index contributed by atoms with van der Waals surface area (Å²) >= 11 is 0. The first kappa shape index (κ1) is 11.9. The molecule has 0 aliphatic heterocycles. The van der Waals surface area contributed by atoms with E-state index in [4.69, 9.17) is 5.26 Å². The summed E-state index contributed by atoms with van der Waals surface area (Å²) in [5.41, 5.74) is 2.15. The van der Waals surface area contributed by atoms with Gasteiger partial charge in [-0.25, -0.2) is 0 Å². The highest BCUT2D eigenvalue weighted by molar-refractivity contribution is 5.94. The Bertz CT molecular complexity index is 590. The van der Waals surface area contributed by atoms with Crippen LogP contribution in [0.25, 0.3) is 0 Å². The number of rotatable bonds is 3. The van der Waals surface area contributed by atoms with Gasteiger partial charge in [0.15, 0.2) is 0 Å². The standard InChI is InChI=1S/C14H13N3O/c1-17-8-2-3-13(17)10-16-14(18)12-6-4-11(9-15)5-7-12/h2-8H,10H2,1H3,(H,16,18). The molecular weight excluding hydrogens is 226 g/mol. The summed E-state index contributed by atoms with van der Waals surface area (Å²) in [5, 5.41) is 11.5. The van der Waals surface area contributed by atoms with Crippen molar-refractivity contribution in [3.63, 3.8) is 0 Å². The van der Waals surface area contributed by atoms with Gasteiger partial charge in [0, 0.05) is 24.5 Å². The van der Waals surface area contributed by atoms with Crippen molar-refractivity contribution in [2.24, 2.45) is 7.05 Å². The third-order valence-corrected chi connectivity index (χ3v) is 2.76. The molecular formula is C14H13N3O. The molecule has 0 saturated heterocycles. The Kier molecular flexibility index (Phi) is 3.44. The first-order valence-electron chi connectivity index (χ1n) is 5.59. The average Bonchev–Trinajstić information content (AvgIpc) is 2.81. The number of hydrogen-bond acceptors (Lipinski definition) is 2. The molecule has 0 saturated carbocycles. The molecule has 90 valence electrons. The second-order valence-electron chi connectivity index (χ2n) is 3.98. The first-order valence-corrected chi connectivity index (χ1v) is 5.59. The molecule has 0 aliphatic carbocycles. The number of aryl methyl sites for hydroxylation is 1. The minimum Gasteiger partial charge on any atom is -0.353 e. The summed E-state index contributed by atoms with van der Waals surface area (Å²) in [6, 6.07) is 12.5. The summed E-state index contributed by atoms with van der Waals surface area (Å²) in [6.45, 7) is 0.488. The molecule has 0 bridgehead atoms. The van der Waals surface area contributed by atoms with E-state index in [0.717, 1.165) is 5.69 Å². The largest absolute Gasteiger partial charge is 0.353 e. The fourth-order valence-corrected chi connectivity index (χ4v) is 1.65. The average molecular weight is 239 g/mol. The van der Waals surface area contributed by atoms with Crippen LogP contribution in [0, 0.1) is 11.3 Å². The van der Waals surface area contributed by atoms with Gasteiger partial charge < -0.3 is 9.88 Å². The van der Waals surface area contributed by atoms with Crippen LogP contribution in [0.4, 0.5) is 0 Å². The minimum absolute atomic E-state index is 0.138. The number of benzene rings is 1. The molecule has 0 atom stereocenters. The maximum absolute atomic E-state index is 11.8. The Hall–Kier alpha value is -2.54. The van der Waals surface area contributed by atoms with E-state index >= 15 is 0 Å². The third-order valence-electron chi connectivity index (χ3n) is 2.76. The molecule has 1 amide bonds. The summed E-state index contributed by atoms with van der Waals surface area (Å²) in [7, 11) is 1.93. The number of nitriles is 1. The van der Waals surface area contributed by atoms with Crippen molar-refractivity contribution in [1.29, 1.82) is 5.26 Å². The molecule has 0 fully saturated rings. The highest BCUT2D eigenvalue weighted by Gasteiger charge is 2.05. The Morgan fingerprint density at radius 2 is 2.06 bits per heavy atom. The first-order chi connectivity index (χ1) is 8.70. The van der Waals surface area contributed by atoms with Gasteiger partial charge in [-0.3, -0.25) is 4.79 Å². The number of carbonyl (C=O) groups excluding carboxylic acids is 1. The number of carbonyl (C=O) groups is 1. The summed E-state index contributed by atoms with van der Waals surface area (Å²) in [5.74, 6) is -0.138. The van der Waals surface area contributed by atoms with E-state index in [-0.39, 0.29) is 5.91 Å². The van der Waals surface area contributed by atoms with E-state index in [2.05, 4.69) is 5.32 Å². The second kappa shape index (κ2) is 5.19. The fourth-order valence-electron chi connectivity index (χ4n) is 1.65. The lowest BCUT2D eigenvalue weighted by molar-refractivity contribution is 0.0950. The normalized spacial score (nSPS) is 9.78. The van der Waals surface area contributed by atoms with Gasteiger partial charge in [0.25, 0.3) is 5.91 Å². The van der Waals surface area contributed by atoms with E-state index in [1.807, 2.05) is 36.0 Å².